The van der Waals surface area contributed by atoms with E-state index in [1.54, 1.807) is 33.0 Å². The van der Waals surface area contributed by atoms with Gasteiger partial charge in [-0.2, -0.15) is 0 Å². The van der Waals surface area contributed by atoms with E-state index in [0.29, 0.717) is 4.88 Å². The molecule has 13 heavy (non-hydrogen) atoms. The molecule has 0 aromatic carbocycles. The van der Waals surface area contributed by atoms with E-state index in [0.717, 1.165) is 4.88 Å². The molecule has 1 amide bonds. The SMILES string of the molecule is CNC(=O)c1ccc(C(C)(C)O)s1. The molecular formula is C9H13NO2S. The van der Waals surface area contributed by atoms with Crippen molar-refractivity contribution < 1.29 is 9.90 Å². The van der Waals surface area contributed by atoms with Gasteiger partial charge in [-0.15, -0.1) is 11.3 Å². The van der Waals surface area contributed by atoms with Crippen LogP contribution >= 0.6 is 11.3 Å². The lowest BCUT2D eigenvalue weighted by Gasteiger charge is -2.13. The molecule has 0 saturated carbocycles. The van der Waals surface area contributed by atoms with Crippen molar-refractivity contribution in [2.75, 3.05) is 7.05 Å². The molecule has 0 saturated heterocycles. The molecular weight excluding hydrogens is 186 g/mol. The highest BCUT2D eigenvalue weighted by atomic mass is 32.1. The Kier molecular flexibility index (Phi) is 2.73. The minimum absolute atomic E-state index is 0.111. The Morgan fingerprint density at radius 3 is 2.54 bits per heavy atom. The van der Waals surface area contributed by atoms with Crippen LogP contribution in [0.3, 0.4) is 0 Å². The third kappa shape index (κ3) is 2.29. The van der Waals surface area contributed by atoms with Gasteiger partial charge in [-0.25, -0.2) is 0 Å². The molecule has 1 aromatic rings. The van der Waals surface area contributed by atoms with Crippen molar-refractivity contribution in [2.24, 2.45) is 0 Å². The highest BCUT2D eigenvalue weighted by Gasteiger charge is 2.19. The third-order valence-electron chi connectivity index (χ3n) is 1.66. The van der Waals surface area contributed by atoms with E-state index in [-0.39, 0.29) is 5.91 Å². The van der Waals surface area contributed by atoms with E-state index >= 15 is 0 Å². The first-order valence-corrected chi connectivity index (χ1v) is 4.81. The number of hydrogen-bond acceptors (Lipinski definition) is 3. The number of hydrogen-bond donors (Lipinski definition) is 2. The summed E-state index contributed by atoms with van der Waals surface area (Å²) in [4.78, 5) is 12.6. The molecule has 0 aliphatic rings. The molecule has 2 N–H and O–H groups in total. The second-order valence-electron chi connectivity index (χ2n) is 3.30. The minimum Gasteiger partial charge on any atom is -0.385 e. The predicted molar refractivity (Wildman–Crippen MR) is 53.0 cm³/mol. The van der Waals surface area contributed by atoms with E-state index in [1.807, 2.05) is 0 Å². The first-order valence-electron chi connectivity index (χ1n) is 4.00. The predicted octanol–water partition coefficient (Wildman–Crippen LogP) is 1.34. The number of rotatable bonds is 2. The summed E-state index contributed by atoms with van der Waals surface area (Å²) < 4.78 is 0. The Morgan fingerprint density at radius 1 is 1.54 bits per heavy atom. The zero-order chi connectivity index (χ0) is 10.1. The van der Waals surface area contributed by atoms with Crippen LogP contribution in [0, 0.1) is 0 Å². The van der Waals surface area contributed by atoms with Crippen LogP contribution in [0.25, 0.3) is 0 Å². The first-order chi connectivity index (χ1) is 5.95. The number of amides is 1. The van der Waals surface area contributed by atoms with E-state index in [1.165, 1.54) is 11.3 Å². The molecule has 0 aliphatic heterocycles. The summed E-state index contributed by atoms with van der Waals surface area (Å²) >= 11 is 1.31. The average molecular weight is 199 g/mol. The zero-order valence-electron chi connectivity index (χ0n) is 7.92. The van der Waals surface area contributed by atoms with Crippen molar-refractivity contribution >= 4 is 17.2 Å². The van der Waals surface area contributed by atoms with Gasteiger partial charge < -0.3 is 10.4 Å². The fraction of sp³-hybridized carbons (Fsp3) is 0.444. The van der Waals surface area contributed by atoms with E-state index in [9.17, 15) is 9.90 Å². The van der Waals surface area contributed by atoms with Crippen molar-refractivity contribution in [1.82, 2.24) is 5.32 Å². The van der Waals surface area contributed by atoms with Gasteiger partial charge in [0.15, 0.2) is 0 Å². The van der Waals surface area contributed by atoms with E-state index in [4.69, 9.17) is 0 Å². The summed E-state index contributed by atoms with van der Waals surface area (Å²) in [6, 6.07) is 3.49. The van der Waals surface area contributed by atoms with Crippen LogP contribution in [-0.2, 0) is 5.60 Å². The van der Waals surface area contributed by atoms with Crippen LogP contribution < -0.4 is 5.32 Å². The van der Waals surface area contributed by atoms with Gasteiger partial charge in [-0.3, -0.25) is 4.79 Å². The molecule has 0 bridgehead atoms. The van der Waals surface area contributed by atoms with Crippen molar-refractivity contribution in [1.29, 1.82) is 0 Å². The highest BCUT2D eigenvalue weighted by molar-refractivity contribution is 7.14. The number of aliphatic hydroxyl groups is 1. The summed E-state index contributed by atoms with van der Waals surface area (Å²) in [7, 11) is 1.59. The molecule has 1 aromatic heterocycles. The summed E-state index contributed by atoms with van der Waals surface area (Å²) in [6.07, 6.45) is 0. The van der Waals surface area contributed by atoms with Crippen LogP contribution in [0.1, 0.15) is 28.4 Å². The van der Waals surface area contributed by atoms with Gasteiger partial charge in [0, 0.05) is 11.9 Å². The van der Waals surface area contributed by atoms with E-state index in [2.05, 4.69) is 5.32 Å². The lowest BCUT2D eigenvalue weighted by molar-refractivity contribution is 0.0825. The van der Waals surface area contributed by atoms with Gasteiger partial charge >= 0.3 is 0 Å². The molecule has 0 fully saturated rings. The molecule has 1 heterocycles. The van der Waals surface area contributed by atoms with Crippen molar-refractivity contribution in [3.05, 3.63) is 21.9 Å². The highest BCUT2D eigenvalue weighted by Crippen LogP contribution is 2.27. The van der Waals surface area contributed by atoms with Crippen molar-refractivity contribution in [3.63, 3.8) is 0 Å². The van der Waals surface area contributed by atoms with Crippen LogP contribution in [0.4, 0.5) is 0 Å². The smallest absolute Gasteiger partial charge is 0.261 e. The molecule has 0 radical (unpaired) electrons. The van der Waals surface area contributed by atoms with Gasteiger partial charge in [0.05, 0.1) is 10.5 Å². The quantitative estimate of drug-likeness (QED) is 0.755. The molecule has 3 nitrogen and oxygen atoms in total. The zero-order valence-corrected chi connectivity index (χ0v) is 8.73. The number of carbonyl (C=O) groups excluding carboxylic acids is 1. The Hall–Kier alpha value is -0.870. The van der Waals surface area contributed by atoms with Crippen molar-refractivity contribution in [3.8, 4) is 0 Å². The Bertz CT molecular complexity index is 312. The molecule has 4 heteroatoms. The van der Waals surface area contributed by atoms with Crippen LogP contribution in [0.15, 0.2) is 12.1 Å². The van der Waals surface area contributed by atoms with Gasteiger partial charge in [-0.1, -0.05) is 0 Å². The molecule has 1 rings (SSSR count). The van der Waals surface area contributed by atoms with Gasteiger partial charge in [0.2, 0.25) is 0 Å². The van der Waals surface area contributed by atoms with Gasteiger partial charge in [0.25, 0.3) is 5.91 Å². The maximum absolute atomic E-state index is 11.2. The summed E-state index contributed by atoms with van der Waals surface area (Å²) in [5.41, 5.74) is -0.864. The Morgan fingerprint density at radius 2 is 2.15 bits per heavy atom. The van der Waals surface area contributed by atoms with Gasteiger partial charge in [-0.05, 0) is 26.0 Å². The molecule has 0 unspecified atom stereocenters. The average Bonchev–Trinajstić information content (AvgIpc) is 2.50. The minimum atomic E-state index is -0.864. The van der Waals surface area contributed by atoms with Gasteiger partial charge in [0.1, 0.15) is 0 Å². The second-order valence-corrected chi connectivity index (χ2v) is 4.39. The topological polar surface area (TPSA) is 49.3 Å². The first kappa shape index (κ1) is 10.2. The monoisotopic (exact) mass is 199 g/mol. The maximum Gasteiger partial charge on any atom is 0.261 e. The Balaban J connectivity index is 2.93. The Labute approximate surface area is 81.4 Å². The lowest BCUT2D eigenvalue weighted by atomic mass is 10.1. The maximum atomic E-state index is 11.2. The molecule has 0 spiro atoms. The standard InChI is InChI=1S/C9H13NO2S/c1-9(2,12)7-5-4-6(13-7)8(11)10-3/h4-5,12H,1-3H3,(H,10,11). The summed E-state index contributed by atoms with van der Waals surface area (Å²) in [5.74, 6) is -0.111. The third-order valence-corrected chi connectivity index (χ3v) is 3.06. The normalized spacial score (nSPS) is 11.4. The fourth-order valence-corrected chi connectivity index (χ4v) is 1.87. The summed E-state index contributed by atoms with van der Waals surface area (Å²) in [5, 5.41) is 12.2. The van der Waals surface area contributed by atoms with Crippen molar-refractivity contribution in [2.45, 2.75) is 19.4 Å². The van der Waals surface area contributed by atoms with Crippen LogP contribution in [-0.4, -0.2) is 18.1 Å². The molecule has 0 aliphatic carbocycles. The number of nitrogens with one attached hydrogen (secondary N) is 1. The summed E-state index contributed by atoms with van der Waals surface area (Å²) in [6.45, 7) is 3.40. The molecule has 0 atom stereocenters. The molecule has 72 valence electrons. The number of thiophene rings is 1. The second kappa shape index (κ2) is 3.47. The van der Waals surface area contributed by atoms with Crippen LogP contribution in [0.5, 0.6) is 0 Å². The fourth-order valence-electron chi connectivity index (χ4n) is 0.912. The van der Waals surface area contributed by atoms with E-state index < -0.39 is 5.60 Å². The number of carbonyl (C=O) groups is 1. The van der Waals surface area contributed by atoms with Crippen LogP contribution in [0.2, 0.25) is 0 Å². The lowest BCUT2D eigenvalue weighted by Crippen LogP contribution is -2.16. The largest absolute Gasteiger partial charge is 0.385 e.